The summed E-state index contributed by atoms with van der Waals surface area (Å²) in [6.45, 7) is 5.00. The number of carbonyl (C=O) groups excluding carboxylic acids is 3. The molecule has 4 aromatic carbocycles. The number of nitrogens with one attached hydrogen (secondary N) is 3. The molecule has 0 radical (unpaired) electrons. The predicted octanol–water partition coefficient (Wildman–Crippen LogP) is 8.20. The molecule has 16 nitrogen and oxygen atoms in total. The molecule has 0 bridgehead atoms. The number of carbonyl (C=O) groups is 5. The fourth-order valence-electron chi connectivity index (χ4n) is 10.8. The van der Waals surface area contributed by atoms with Crippen LogP contribution in [0.25, 0.3) is 32.1 Å². The highest BCUT2D eigenvalue weighted by Gasteiger charge is 2.43. The molecule has 3 amide bonds. The van der Waals surface area contributed by atoms with Crippen molar-refractivity contribution in [1.82, 2.24) is 14.6 Å². The van der Waals surface area contributed by atoms with Gasteiger partial charge in [0.2, 0.25) is 21.8 Å². The summed E-state index contributed by atoms with van der Waals surface area (Å²) < 4.78 is 35.2. The number of halogens is 1. The summed E-state index contributed by atoms with van der Waals surface area (Å²) >= 11 is 7.44. The molecular formula is C50H49ClN6O10S2. The summed E-state index contributed by atoms with van der Waals surface area (Å²) in [5.74, 6) is -2.67. The van der Waals surface area contributed by atoms with Gasteiger partial charge in [-0.25, -0.2) is 18.0 Å². The molecule has 6 aromatic rings. The second-order valence-electron chi connectivity index (χ2n) is 18.8. The molecule has 6 heterocycles. The Morgan fingerprint density at radius 2 is 1.72 bits per heavy atom. The number of aliphatic carboxylic acids is 1. The molecule has 2 atom stereocenters. The number of hydrogen-bond acceptors (Lipinski definition) is 11. The van der Waals surface area contributed by atoms with Crippen molar-refractivity contribution in [3.63, 3.8) is 0 Å². The number of piperidine rings is 3. The van der Waals surface area contributed by atoms with E-state index >= 15 is 0 Å². The number of aromatic nitrogens is 1. The highest BCUT2D eigenvalue weighted by atomic mass is 35.5. The van der Waals surface area contributed by atoms with Crippen LogP contribution in [0.2, 0.25) is 5.02 Å². The molecular weight excluding hydrogens is 944 g/mol. The number of ether oxygens (including phenoxy) is 1. The molecule has 2 unspecified atom stereocenters. The van der Waals surface area contributed by atoms with Crippen molar-refractivity contribution in [3.8, 4) is 16.2 Å². The first-order valence-electron chi connectivity index (χ1n) is 22.8. The van der Waals surface area contributed by atoms with E-state index in [1.54, 1.807) is 21.3 Å². The summed E-state index contributed by atoms with van der Waals surface area (Å²) in [7, 11) is -3.74. The number of nitrogens with zero attached hydrogens (tertiary/aromatic N) is 3. The molecule has 0 spiro atoms. The van der Waals surface area contributed by atoms with Crippen molar-refractivity contribution >= 4 is 101 Å². The third-order valence-corrected chi connectivity index (χ3v) is 17.6. The van der Waals surface area contributed by atoms with Gasteiger partial charge in [0, 0.05) is 65.2 Å². The number of carboxylic acid groups (broad SMARTS) is 2. The van der Waals surface area contributed by atoms with E-state index in [1.807, 2.05) is 62.4 Å². The van der Waals surface area contributed by atoms with Crippen LogP contribution in [-0.2, 0) is 30.2 Å². The number of amides is 3. The van der Waals surface area contributed by atoms with Crippen molar-refractivity contribution in [2.45, 2.75) is 81.7 Å². The molecule has 2 aromatic heterocycles. The molecule has 19 heteroatoms. The van der Waals surface area contributed by atoms with Crippen molar-refractivity contribution in [2.75, 3.05) is 41.4 Å². The Kier molecular flexibility index (Phi) is 11.9. The van der Waals surface area contributed by atoms with Crippen LogP contribution in [0.15, 0.2) is 78.9 Å². The molecule has 358 valence electrons. The number of benzene rings is 4. The largest absolute Gasteiger partial charge is 0.479 e. The van der Waals surface area contributed by atoms with Gasteiger partial charge >= 0.3 is 11.9 Å². The molecule has 0 saturated carbocycles. The van der Waals surface area contributed by atoms with Gasteiger partial charge in [0.15, 0.2) is 17.2 Å². The highest BCUT2D eigenvalue weighted by Crippen LogP contribution is 2.47. The van der Waals surface area contributed by atoms with Crippen LogP contribution in [0.5, 0.6) is 5.75 Å². The van der Waals surface area contributed by atoms with E-state index in [0.29, 0.717) is 46.6 Å². The van der Waals surface area contributed by atoms with E-state index in [2.05, 4.69) is 38.7 Å². The van der Waals surface area contributed by atoms with Gasteiger partial charge in [0.25, 0.3) is 5.91 Å². The minimum Gasteiger partial charge on any atom is -0.479 e. The fourth-order valence-corrected chi connectivity index (χ4v) is 14.1. The summed E-state index contributed by atoms with van der Waals surface area (Å²) in [5, 5.41) is 27.6. The first-order valence-corrected chi connectivity index (χ1v) is 25.6. The maximum absolute atomic E-state index is 14.2. The van der Waals surface area contributed by atoms with Crippen molar-refractivity contribution in [3.05, 3.63) is 105 Å². The van der Waals surface area contributed by atoms with Gasteiger partial charge < -0.3 is 30.2 Å². The van der Waals surface area contributed by atoms with Gasteiger partial charge in [0.05, 0.1) is 16.3 Å². The van der Waals surface area contributed by atoms with Gasteiger partial charge in [-0.1, -0.05) is 54.1 Å². The number of aromatic amines is 1. The van der Waals surface area contributed by atoms with Crippen LogP contribution in [0.1, 0.15) is 89.4 Å². The average molecular weight is 994 g/mol. The highest BCUT2D eigenvalue weighted by molar-refractivity contribution is 7.88. The minimum atomic E-state index is -3.74. The smallest absolute Gasteiger partial charge is 0.349 e. The number of rotatable bonds is 13. The quantitative estimate of drug-likeness (QED) is 0.0692. The van der Waals surface area contributed by atoms with E-state index < -0.39 is 46.1 Å². The first-order chi connectivity index (χ1) is 33.0. The number of anilines is 3. The first kappa shape index (κ1) is 46.3. The lowest BCUT2D eigenvalue weighted by molar-refractivity contribution is -0.139. The summed E-state index contributed by atoms with van der Waals surface area (Å²) in [4.78, 5) is 69.1. The van der Waals surface area contributed by atoms with Gasteiger partial charge in [-0.15, -0.1) is 11.3 Å². The van der Waals surface area contributed by atoms with E-state index in [1.165, 1.54) is 5.56 Å². The van der Waals surface area contributed by atoms with Crippen LogP contribution in [0.4, 0.5) is 17.2 Å². The number of imide groups is 1. The van der Waals surface area contributed by atoms with Crippen LogP contribution in [0.3, 0.4) is 0 Å². The maximum atomic E-state index is 14.2. The van der Waals surface area contributed by atoms with Gasteiger partial charge in [-0.3, -0.25) is 24.6 Å². The molecule has 4 aliphatic rings. The van der Waals surface area contributed by atoms with Crippen molar-refractivity contribution < 1.29 is 47.3 Å². The van der Waals surface area contributed by atoms with Crippen LogP contribution >= 0.6 is 22.9 Å². The average Bonchev–Trinajstić information content (AvgIpc) is 3.97. The zero-order chi connectivity index (χ0) is 48.5. The lowest BCUT2D eigenvalue weighted by Crippen LogP contribution is -2.55. The summed E-state index contributed by atoms with van der Waals surface area (Å²) in [6, 6.07) is 24.1. The van der Waals surface area contributed by atoms with Gasteiger partial charge in [0.1, 0.15) is 16.9 Å². The van der Waals surface area contributed by atoms with E-state index in [9.17, 15) is 37.5 Å². The Bertz CT molecular complexity index is 3230. The fraction of sp³-hybridized carbons (Fsp3) is 0.340. The third kappa shape index (κ3) is 8.68. The number of sulfonamides is 1. The Morgan fingerprint density at radius 1 is 0.942 bits per heavy atom. The lowest BCUT2D eigenvalue weighted by Gasteiger charge is -2.45. The zero-order valence-corrected chi connectivity index (χ0v) is 40.1. The van der Waals surface area contributed by atoms with Crippen molar-refractivity contribution in [1.29, 1.82) is 0 Å². The third-order valence-electron chi connectivity index (χ3n) is 13.9. The van der Waals surface area contributed by atoms with Gasteiger partial charge in [-0.05, 0) is 110 Å². The number of aromatic carboxylic acids is 1. The summed E-state index contributed by atoms with van der Waals surface area (Å²) in [5.41, 5.74) is 4.63. The topological polar surface area (TPSA) is 219 Å². The van der Waals surface area contributed by atoms with Crippen LogP contribution in [0, 0.1) is 0 Å². The maximum Gasteiger partial charge on any atom is 0.349 e. The Labute approximate surface area is 406 Å². The van der Waals surface area contributed by atoms with E-state index in [0.717, 1.165) is 70.4 Å². The predicted molar refractivity (Wildman–Crippen MR) is 264 cm³/mol. The zero-order valence-electron chi connectivity index (χ0n) is 37.7. The second kappa shape index (κ2) is 17.8. The second-order valence-corrected chi connectivity index (χ2v) is 22.1. The Balaban J connectivity index is 0.778. The van der Waals surface area contributed by atoms with Crippen molar-refractivity contribution in [2.24, 2.45) is 0 Å². The summed E-state index contributed by atoms with van der Waals surface area (Å²) in [6.07, 6.45) is 3.30. The number of H-pyrrole nitrogens is 1. The number of hydrogen-bond donors (Lipinski definition) is 5. The molecule has 3 saturated heterocycles. The Morgan fingerprint density at radius 3 is 2.46 bits per heavy atom. The SMILES string of the molecule is CC1(C)CC(Nc2cccc(-c3sc(C(=O)O)c(OCC(=O)O)c3Cl)c2)CCN1S(=O)(=O)Cc1ccc2cc(N3CCC(c4ccc5c6c(cccc46)C(=O)N5C4CCC(=O)NC4=O)CC3)[nH]c2c1. The minimum absolute atomic E-state index is 0.0132. The Hall–Kier alpha value is -6.47. The molecule has 69 heavy (non-hydrogen) atoms. The van der Waals surface area contributed by atoms with Crippen LogP contribution in [-0.4, -0.2) is 101 Å². The lowest BCUT2D eigenvalue weighted by atomic mass is 9.85. The van der Waals surface area contributed by atoms with Crippen LogP contribution < -0.4 is 25.2 Å². The van der Waals surface area contributed by atoms with Gasteiger partial charge in [-0.2, -0.15) is 4.31 Å². The molecule has 10 rings (SSSR count). The number of fused-ring (bicyclic) bond motifs is 1. The van der Waals surface area contributed by atoms with E-state index in [-0.39, 0.29) is 58.0 Å². The molecule has 4 aliphatic heterocycles. The monoisotopic (exact) mass is 992 g/mol. The standard InChI is InChI=1S/C50H49ClN6O10S2/c1-50(2)24-32(52-31-6-3-5-30(22-31)45-43(51)44(67-25-41(59)60)46(68-45)49(63)64)17-20-56(50)69(65,66)26-27-9-10-29-23-39(53-36(29)21-27)55-18-15-28(16-19-55)33-11-12-37-42-34(33)7-4-8-35(42)48(62)57(37)38-13-14-40(58)54-47(38)61/h3-12,21-23,28,32,38,52-53H,13-20,24-26H2,1-2H3,(H,59,60)(H,63,64)(H,54,58,61). The number of thiophene rings is 1. The molecule has 0 aliphatic carbocycles. The molecule has 3 fully saturated rings. The number of carboxylic acids is 2. The normalized spacial score (nSPS) is 19.9. The molecule has 5 N–H and O–H groups in total. The van der Waals surface area contributed by atoms with E-state index in [4.69, 9.17) is 21.4 Å².